The first-order chi connectivity index (χ1) is 7.81. The number of likely N-dealkylation sites (tertiary alicyclic amines) is 1. The molecule has 2 atom stereocenters. The molecule has 0 spiro atoms. The fourth-order valence-corrected chi connectivity index (χ4v) is 2.83. The number of amides is 2. The van der Waals surface area contributed by atoms with E-state index in [4.69, 9.17) is 5.73 Å². The van der Waals surface area contributed by atoms with E-state index in [9.17, 15) is 4.79 Å². The molecule has 1 saturated heterocycles. The Balaban J connectivity index is 2.61. The molecule has 4 heteroatoms. The highest BCUT2D eigenvalue weighted by Gasteiger charge is 2.30. The molecule has 1 aliphatic heterocycles. The molecule has 1 aliphatic rings. The van der Waals surface area contributed by atoms with Gasteiger partial charge in [0.05, 0.1) is 0 Å². The molecule has 0 bridgehead atoms. The number of urea groups is 1. The Labute approximate surface area is 105 Å². The van der Waals surface area contributed by atoms with Crippen molar-refractivity contribution >= 4 is 6.03 Å². The van der Waals surface area contributed by atoms with Crippen LogP contribution in [0.3, 0.4) is 0 Å². The second-order valence-corrected chi connectivity index (χ2v) is 6.36. The second kappa shape index (κ2) is 5.71. The predicted molar refractivity (Wildman–Crippen MR) is 70.8 cm³/mol. The van der Waals surface area contributed by atoms with Crippen molar-refractivity contribution in [3.05, 3.63) is 0 Å². The first kappa shape index (κ1) is 14.3. The summed E-state index contributed by atoms with van der Waals surface area (Å²) in [5.41, 5.74) is 5.72. The van der Waals surface area contributed by atoms with Gasteiger partial charge in [-0.3, -0.25) is 0 Å². The quantitative estimate of drug-likeness (QED) is 0.791. The second-order valence-electron chi connectivity index (χ2n) is 6.36. The van der Waals surface area contributed by atoms with Crippen LogP contribution in [0, 0.1) is 11.3 Å². The molecule has 0 radical (unpaired) electrons. The van der Waals surface area contributed by atoms with Gasteiger partial charge in [0.2, 0.25) is 0 Å². The van der Waals surface area contributed by atoms with Crippen LogP contribution in [0.4, 0.5) is 4.79 Å². The zero-order valence-electron chi connectivity index (χ0n) is 11.6. The first-order valence-corrected chi connectivity index (χ1v) is 6.59. The molecule has 1 heterocycles. The van der Waals surface area contributed by atoms with Crippen molar-refractivity contribution in [2.24, 2.45) is 17.1 Å². The Kier molecular flexibility index (Phi) is 4.80. The Bertz CT molecular complexity index is 260. The van der Waals surface area contributed by atoms with Crippen LogP contribution in [0.5, 0.6) is 0 Å². The van der Waals surface area contributed by atoms with E-state index in [2.05, 4.69) is 33.0 Å². The van der Waals surface area contributed by atoms with Crippen molar-refractivity contribution in [1.29, 1.82) is 0 Å². The van der Waals surface area contributed by atoms with Gasteiger partial charge in [0.1, 0.15) is 0 Å². The third-order valence-electron chi connectivity index (χ3n) is 3.24. The van der Waals surface area contributed by atoms with Gasteiger partial charge in [-0.1, -0.05) is 27.7 Å². The molecule has 0 aromatic heterocycles. The highest BCUT2D eigenvalue weighted by Crippen LogP contribution is 2.30. The van der Waals surface area contributed by atoms with Gasteiger partial charge < -0.3 is 16.0 Å². The molecule has 2 amide bonds. The molecule has 3 N–H and O–H groups in total. The van der Waals surface area contributed by atoms with Crippen molar-refractivity contribution in [3.8, 4) is 0 Å². The summed E-state index contributed by atoms with van der Waals surface area (Å²) in [6.07, 6.45) is 2.29. The number of piperidine rings is 1. The molecule has 100 valence electrons. The average Bonchev–Trinajstić information content (AvgIpc) is 2.14. The largest absolute Gasteiger partial charge is 0.351 e. The smallest absolute Gasteiger partial charge is 0.314 e. The van der Waals surface area contributed by atoms with Gasteiger partial charge in [0.25, 0.3) is 0 Å². The maximum Gasteiger partial charge on any atom is 0.314 e. The minimum absolute atomic E-state index is 0.286. The zero-order chi connectivity index (χ0) is 13.1. The number of nitrogens with zero attached hydrogens (tertiary/aromatic N) is 1. The lowest BCUT2D eigenvalue weighted by Gasteiger charge is -2.39. The highest BCUT2D eigenvalue weighted by molar-refractivity contribution is 5.72. The topological polar surface area (TPSA) is 58.4 Å². The third kappa shape index (κ3) is 4.94. The fourth-order valence-electron chi connectivity index (χ4n) is 2.83. The van der Waals surface area contributed by atoms with Crippen LogP contribution in [-0.2, 0) is 0 Å². The van der Waals surface area contributed by atoms with Crippen molar-refractivity contribution in [1.82, 2.24) is 10.2 Å². The monoisotopic (exact) mass is 241 g/mol. The Morgan fingerprint density at radius 1 is 1.41 bits per heavy atom. The Morgan fingerprint density at radius 2 is 2.06 bits per heavy atom. The molecule has 0 saturated carbocycles. The van der Waals surface area contributed by atoms with Gasteiger partial charge in [-0.25, -0.2) is 4.79 Å². The van der Waals surface area contributed by atoms with Crippen LogP contribution < -0.4 is 11.1 Å². The minimum atomic E-state index is -0.286. The van der Waals surface area contributed by atoms with Crippen molar-refractivity contribution in [2.75, 3.05) is 19.6 Å². The van der Waals surface area contributed by atoms with E-state index in [1.165, 1.54) is 0 Å². The summed E-state index contributed by atoms with van der Waals surface area (Å²) in [5.74, 6) is 0.556. The van der Waals surface area contributed by atoms with E-state index in [1.807, 2.05) is 0 Å². The molecule has 1 fully saturated rings. The molecule has 0 aliphatic carbocycles. The van der Waals surface area contributed by atoms with Crippen LogP contribution >= 0.6 is 0 Å². The number of nitrogens with one attached hydrogen (secondary N) is 1. The maximum atomic E-state index is 11.3. The lowest BCUT2D eigenvalue weighted by atomic mass is 9.80. The van der Waals surface area contributed by atoms with Gasteiger partial charge in [-0.05, 0) is 30.7 Å². The summed E-state index contributed by atoms with van der Waals surface area (Å²) < 4.78 is 0. The molecule has 0 aromatic carbocycles. The summed E-state index contributed by atoms with van der Waals surface area (Å²) >= 11 is 0. The number of hydrogen-bond acceptors (Lipinski definition) is 2. The van der Waals surface area contributed by atoms with Crippen LogP contribution in [0.15, 0.2) is 0 Å². The van der Waals surface area contributed by atoms with Crippen LogP contribution in [-0.4, -0.2) is 36.6 Å². The van der Waals surface area contributed by atoms with Crippen LogP contribution in [0.1, 0.15) is 40.5 Å². The van der Waals surface area contributed by atoms with E-state index < -0.39 is 0 Å². The van der Waals surface area contributed by atoms with E-state index >= 15 is 0 Å². The number of carbonyl (C=O) groups excluding carboxylic acids is 1. The lowest BCUT2D eigenvalue weighted by molar-refractivity contribution is 0.131. The van der Waals surface area contributed by atoms with Gasteiger partial charge >= 0.3 is 6.03 Å². The summed E-state index contributed by atoms with van der Waals surface area (Å²) in [4.78, 5) is 13.1. The summed E-state index contributed by atoms with van der Waals surface area (Å²) in [5, 5.41) is 3.44. The highest BCUT2D eigenvalue weighted by atomic mass is 16.2. The molecule has 0 aromatic rings. The van der Waals surface area contributed by atoms with Crippen molar-refractivity contribution < 1.29 is 4.79 Å². The number of primary amides is 1. The fraction of sp³-hybridized carbons (Fsp3) is 0.923. The van der Waals surface area contributed by atoms with Crippen LogP contribution in [0.25, 0.3) is 0 Å². The zero-order valence-corrected chi connectivity index (χ0v) is 11.6. The van der Waals surface area contributed by atoms with Gasteiger partial charge in [0, 0.05) is 19.1 Å². The summed E-state index contributed by atoms with van der Waals surface area (Å²) in [6.45, 7) is 11.4. The average molecular weight is 241 g/mol. The Morgan fingerprint density at radius 3 is 2.53 bits per heavy atom. The predicted octanol–water partition coefficient (Wildman–Crippen LogP) is 1.80. The molecular weight excluding hydrogens is 214 g/mol. The number of nitrogens with two attached hydrogens (primary N) is 1. The van der Waals surface area contributed by atoms with E-state index in [-0.39, 0.29) is 6.03 Å². The third-order valence-corrected chi connectivity index (χ3v) is 3.24. The van der Waals surface area contributed by atoms with Gasteiger partial charge in [0.15, 0.2) is 0 Å². The van der Waals surface area contributed by atoms with Crippen LogP contribution in [0.2, 0.25) is 0 Å². The van der Waals surface area contributed by atoms with Crippen molar-refractivity contribution in [2.45, 2.75) is 46.6 Å². The minimum Gasteiger partial charge on any atom is -0.351 e. The molecule has 4 nitrogen and oxygen atoms in total. The molecule has 17 heavy (non-hydrogen) atoms. The normalized spacial score (nSPS) is 26.0. The number of carbonyl (C=O) groups is 1. The molecule has 1 rings (SSSR count). The number of rotatable bonds is 3. The maximum absolute atomic E-state index is 11.3. The molecular formula is C13H27N3O. The Hall–Kier alpha value is -0.770. The summed E-state index contributed by atoms with van der Waals surface area (Å²) in [7, 11) is 0. The van der Waals surface area contributed by atoms with Gasteiger partial charge in [-0.2, -0.15) is 0 Å². The van der Waals surface area contributed by atoms with E-state index in [1.54, 1.807) is 4.90 Å². The first-order valence-electron chi connectivity index (χ1n) is 6.59. The van der Waals surface area contributed by atoms with E-state index in [0.29, 0.717) is 17.4 Å². The SMILES string of the molecule is CCNC1CC(CC(C)(C)C)CN(C(N)=O)C1. The molecule has 2 unspecified atom stereocenters. The standard InChI is InChI=1S/C13H27N3O/c1-5-15-11-6-10(7-13(2,3)4)8-16(9-11)12(14)17/h10-11,15H,5-9H2,1-4H3,(H2,14,17). The van der Waals surface area contributed by atoms with Gasteiger partial charge in [-0.15, -0.1) is 0 Å². The number of likely N-dealkylation sites (N-methyl/N-ethyl adjacent to an activating group) is 1. The summed E-state index contributed by atoms with van der Waals surface area (Å²) in [6, 6.07) is 0.111. The number of hydrogen-bond donors (Lipinski definition) is 2. The van der Waals surface area contributed by atoms with E-state index in [0.717, 1.165) is 32.5 Å². The van der Waals surface area contributed by atoms with Crippen molar-refractivity contribution in [3.63, 3.8) is 0 Å². The lowest BCUT2D eigenvalue weighted by Crippen LogP contribution is -2.53.